The first-order chi connectivity index (χ1) is 11.9. The zero-order chi connectivity index (χ0) is 18.4. The Bertz CT molecular complexity index is 778. The summed E-state index contributed by atoms with van der Waals surface area (Å²) in [7, 11) is 1.18. The van der Waals surface area contributed by atoms with Gasteiger partial charge in [-0.3, -0.25) is 9.59 Å². The van der Waals surface area contributed by atoms with Crippen LogP contribution in [-0.4, -0.2) is 19.0 Å². The molecular formula is C17H14F3NO4. The molecular weight excluding hydrogens is 339 g/mol. The number of halogens is 3. The fraction of sp³-hybridized carbons (Fsp3) is 0.176. The lowest BCUT2D eigenvalue weighted by Gasteiger charge is -2.09. The number of methoxy groups -OCH3 is 1. The van der Waals surface area contributed by atoms with Crippen LogP contribution >= 0.6 is 0 Å². The van der Waals surface area contributed by atoms with Crippen LogP contribution in [-0.2, 0) is 20.9 Å². The molecule has 25 heavy (non-hydrogen) atoms. The molecule has 0 atom stereocenters. The van der Waals surface area contributed by atoms with Gasteiger partial charge in [-0.2, -0.15) is 0 Å². The normalized spacial score (nSPS) is 10.2. The smallest absolute Gasteiger partial charge is 0.315 e. The van der Waals surface area contributed by atoms with Crippen LogP contribution in [0.15, 0.2) is 36.4 Å². The van der Waals surface area contributed by atoms with Gasteiger partial charge < -0.3 is 14.8 Å². The van der Waals surface area contributed by atoms with Crippen LogP contribution in [0.2, 0.25) is 0 Å². The highest BCUT2D eigenvalue weighted by atomic mass is 19.2. The first kappa shape index (κ1) is 18.3. The van der Waals surface area contributed by atoms with E-state index >= 15 is 0 Å². The summed E-state index contributed by atoms with van der Waals surface area (Å²) in [5.41, 5.74) is 0.287. The number of amides is 1. The van der Waals surface area contributed by atoms with Gasteiger partial charge in [0.1, 0.15) is 24.6 Å². The highest BCUT2D eigenvalue weighted by Gasteiger charge is 2.11. The molecule has 0 aliphatic rings. The van der Waals surface area contributed by atoms with Crippen molar-refractivity contribution in [2.75, 3.05) is 12.4 Å². The summed E-state index contributed by atoms with van der Waals surface area (Å²) in [6.07, 6.45) is -0.413. The lowest BCUT2D eigenvalue weighted by Crippen LogP contribution is -2.17. The maximum Gasteiger partial charge on any atom is 0.315 e. The lowest BCUT2D eigenvalue weighted by atomic mass is 10.2. The Morgan fingerprint density at radius 1 is 1.00 bits per heavy atom. The molecule has 0 aromatic heterocycles. The van der Waals surface area contributed by atoms with Crippen molar-refractivity contribution in [2.45, 2.75) is 13.0 Å². The van der Waals surface area contributed by atoms with Crippen molar-refractivity contribution in [3.05, 3.63) is 59.4 Å². The highest BCUT2D eigenvalue weighted by molar-refractivity contribution is 6.01. The minimum absolute atomic E-state index is 0.130. The van der Waals surface area contributed by atoms with E-state index in [1.807, 2.05) is 0 Å². The van der Waals surface area contributed by atoms with Crippen molar-refractivity contribution in [1.29, 1.82) is 0 Å². The van der Waals surface area contributed by atoms with Crippen molar-refractivity contribution in [3.8, 4) is 5.75 Å². The molecule has 0 bridgehead atoms. The Hall–Kier alpha value is -3.03. The van der Waals surface area contributed by atoms with E-state index in [9.17, 15) is 22.8 Å². The molecule has 0 spiro atoms. The first-order valence-corrected chi connectivity index (χ1v) is 7.12. The standard InChI is InChI=1S/C17H14F3NO4/c1-24-17(23)8-16(22)21-11-2-4-12(5-3-11)25-9-10-6-14(19)15(20)7-13(10)18/h2-7H,8-9H2,1H3,(H,21,22). The number of hydrogen-bond acceptors (Lipinski definition) is 4. The van der Waals surface area contributed by atoms with Crippen LogP contribution in [0.1, 0.15) is 12.0 Å². The van der Waals surface area contributed by atoms with Gasteiger partial charge in [0, 0.05) is 17.3 Å². The largest absolute Gasteiger partial charge is 0.489 e. The molecule has 0 aliphatic carbocycles. The Balaban J connectivity index is 1.93. The summed E-state index contributed by atoms with van der Waals surface area (Å²) >= 11 is 0. The topological polar surface area (TPSA) is 64.6 Å². The van der Waals surface area contributed by atoms with E-state index in [1.54, 1.807) is 0 Å². The molecule has 0 saturated heterocycles. The fourth-order valence-electron chi connectivity index (χ4n) is 1.88. The molecule has 0 radical (unpaired) electrons. The number of carbonyl (C=O) groups is 2. The van der Waals surface area contributed by atoms with Crippen LogP contribution in [0.4, 0.5) is 18.9 Å². The Labute approximate surface area is 141 Å². The molecule has 132 valence electrons. The van der Waals surface area contributed by atoms with Gasteiger partial charge in [0.15, 0.2) is 11.6 Å². The summed E-state index contributed by atoms with van der Waals surface area (Å²) in [5.74, 6) is -4.21. The number of rotatable bonds is 6. The molecule has 1 amide bonds. The molecule has 0 fully saturated rings. The Morgan fingerprint density at radius 3 is 2.28 bits per heavy atom. The van der Waals surface area contributed by atoms with E-state index < -0.39 is 35.7 Å². The van der Waals surface area contributed by atoms with Gasteiger partial charge in [-0.05, 0) is 30.3 Å². The number of hydrogen-bond donors (Lipinski definition) is 1. The first-order valence-electron chi connectivity index (χ1n) is 7.12. The summed E-state index contributed by atoms with van der Waals surface area (Å²) < 4.78 is 49.1. The summed E-state index contributed by atoms with van der Waals surface area (Å²) in [5, 5.41) is 2.48. The predicted molar refractivity (Wildman–Crippen MR) is 82.4 cm³/mol. The predicted octanol–water partition coefficient (Wildman–Crippen LogP) is 3.18. The number of ether oxygens (including phenoxy) is 2. The Kier molecular flexibility index (Phi) is 5.99. The van der Waals surface area contributed by atoms with Gasteiger partial charge in [-0.1, -0.05) is 0 Å². The molecule has 0 unspecified atom stereocenters. The molecule has 2 aromatic rings. The summed E-state index contributed by atoms with van der Waals surface area (Å²) in [6, 6.07) is 7.18. The number of carbonyl (C=O) groups excluding carboxylic acids is 2. The average molecular weight is 353 g/mol. The maximum absolute atomic E-state index is 13.5. The van der Waals surface area contributed by atoms with Crippen LogP contribution in [0.5, 0.6) is 5.75 Å². The zero-order valence-corrected chi connectivity index (χ0v) is 13.1. The molecule has 0 aliphatic heterocycles. The summed E-state index contributed by atoms with van der Waals surface area (Å²) in [6.45, 7) is -0.295. The highest BCUT2D eigenvalue weighted by Crippen LogP contribution is 2.19. The number of nitrogens with one attached hydrogen (secondary N) is 1. The second-order valence-corrected chi connectivity index (χ2v) is 4.97. The van der Waals surface area contributed by atoms with E-state index in [-0.39, 0.29) is 12.2 Å². The van der Waals surface area contributed by atoms with Gasteiger partial charge in [-0.25, -0.2) is 13.2 Å². The minimum Gasteiger partial charge on any atom is -0.489 e. The monoisotopic (exact) mass is 353 g/mol. The second-order valence-electron chi connectivity index (χ2n) is 4.97. The van der Waals surface area contributed by atoms with Crippen molar-refractivity contribution >= 4 is 17.6 Å². The second kappa shape index (κ2) is 8.18. The van der Waals surface area contributed by atoms with Crippen molar-refractivity contribution in [2.24, 2.45) is 0 Å². The maximum atomic E-state index is 13.5. The third kappa shape index (κ3) is 5.23. The lowest BCUT2D eigenvalue weighted by molar-refractivity contribution is -0.142. The minimum atomic E-state index is -1.27. The van der Waals surface area contributed by atoms with Gasteiger partial charge in [0.05, 0.1) is 7.11 Å². The molecule has 5 nitrogen and oxygen atoms in total. The zero-order valence-electron chi connectivity index (χ0n) is 13.1. The van der Waals surface area contributed by atoms with Crippen LogP contribution in [0, 0.1) is 17.5 Å². The molecule has 0 saturated carbocycles. The van der Waals surface area contributed by atoms with Crippen LogP contribution in [0.25, 0.3) is 0 Å². The summed E-state index contributed by atoms with van der Waals surface area (Å²) in [4.78, 5) is 22.5. The van der Waals surface area contributed by atoms with Crippen molar-refractivity contribution < 1.29 is 32.2 Å². The Morgan fingerprint density at radius 2 is 1.64 bits per heavy atom. The third-order valence-electron chi connectivity index (χ3n) is 3.15. The van der Waals surface area contributed by atoms with Gasteiger partial charge in [0.25, 0.3) is 0 Å². The van der Waals surface area contributed by atoms with E-state index in [0.717, 1.165) is 6.07 Å². The van der Waals surface area contributed by atoms with E-state index in [0.29, 0.717) is 17.5 Å². The number of esters is 1. The van der Waals surface area contributed by atoms with Gasteiger partial charge in [-0.15, -0.1) is 0 Å². The quantitative estimate of drug-likeness (QED) is 0.492. The number of benzene rings is 2. The van der Waals surface area contributed by atoms with Crippen LogP contribution < -0.4 is 10.1 Å². The average Bonchev–Trinajstić information content (AvgIpc) is 2.58. The number of anilines is 1. The van der Waals surface area contributed by atoms with Gasteiger partial charge >= 0.3 is 5.97 Å². The van der Waals surface area contributed by atoms with E-state index in [1.165, 1.54) is 31.4 Å². The van der Waals surface area contributed by atoms with Crippen molar-refractivity contribution in [1.82, 2.24) is 0 Å². The van der Waals surface area contributed by atoms with E-state index in [2.05, 4.69) is 10.1 Å². The third-order valence-corrected chi connectivity index (χ3v) is 3.15. The molecule has 2 rings (SSSR count). The molecule has 2 aromatic carbocycles. The van der Waals surface area contributed by atoms with Crippen molar-refractivity contribution in [3.63, 3.8) is 0 Å². The van der Waals surface area contributed by atoms with Gasteiger partial charge in [0.2, 0.25) is 5.91 Å². The molecule has 0 heterocycles. The molecule has 1 N–H and O–H groups in total. The fourth-order valence-corrected chi connectivity index (χ4v) is 1.88. The molecule has 8 heteroatoms. The van der Waals surface area contributed by atoms with E-state index in [4.69, 9.17) is 4.74 Å². The SMILES string of the molecule is COC(=O)CC(=O)Nc1ccc(OCc2cc(F)c(F)cc2F)cc1. The van der Waals surface area contributed by atoms with Crippen LogP contribution in [0.3, 0.4) is 0 Å².